The van der Waals surface area contributed by atoms with Gasteiger partial charge in [-0.3, -0.25) is 9.00 Å². The molecule has 0 amide bonds. The number of fused-ring (bicyclic) bond motifs is 1. The van der Waals surface area contributed by atoms with Gasteiger partial charge in [-0.15, -0.1) is 0 Å². The highest BCUT2D eigenvalue weighted by molar-refractivity contribution is 7.84. The summed E-state index contributed by atoms with van der Waals surface area (Å²) < 4.78 is 13.4. The molecule has 1 heterocycles. The van der Waals surface area contributed by atoms with Gasteiger partial charge in [-0.05, 0) is 31.2 Å². The number of aromatic nitrogens is 1. The predicted molar refractivity (Wildman–Crippen MR) is 79.2 cm³/mol. The second kappa shape index (κ2) is 5.23. The minimum Gasteiger partial charge on any atom is -0.348 e. The zero-order valence-corrected chi connectivity index (χ0v) is 13.1. The molecule has 0 bridgehead atoms. The number of hydrogen-bond donors (Lipinski definition) is 0. The van der Waals surface area contributed by atoms with E-state index in [1.165, 1.54) is 5.69 Å². The van der Waals surface area contributed by atoms with Crippen LogP contribution < -0.4 is 0 Å². The molecule has 1 unspecified atom stereocenters. The Bertz CT molecular complexity index is 528. The van der Waals surface area contributed by atoms with Gasteiger partial charge < -0.3 is 4.57 Å². The van der Waals surface area contributed by atoms with Crippen molar-refractivity contribution in [3.8, 4) is 0 Å². The first-order chi connectivity index (χ1) is 8.80. The van der Waals surface area contributed by atoms with Crippen molar-refractivity contribution >= 4 is 16.6 Å². The van der Waals surface area contributed by atoms with Gasteiger partial charge in [-0.25, -0.2) is 0 Å². The van der Waals surface area contributed by atoms with E-state index < -0.39 is 10.8 Å². The standard InChI is InChI=1S/C15H23NO2S/c1-11-8-12-13(9-15(2,3)10-14(12)17)16(11)6-5-7-19(4)18/h8H,5-7,9-10H2,1-4H3. The first kappa shape index (κ1) is 14.5. The third-order valence-corrected chi connectivity index (χ3v) is 4.68. The lowest BCUT2D eigenvalue weighted by atomic mass is 9.76. The molecule has 0 saturated carbocycles. The number of hydrogen-bond acceptors (Lipinski definition) is 2. The summed E-state index contributed by atoms with van der Waals surface area (Å²) in [5.74, 6) is 0.996. The van der Waals surface area contributed by atoms with E-state index in [1.807, 2.05) is 6.07 Å². The van der Waals surface area contributed by atoms with Crippen molar-refractivity contribution in [3.63, 3.8) is 0 Å². The highest BCUT2D eigenvalue weighted by atomic mass is 32.2. The smallest absolute Gasteiger partial charge is 0.165 e. The first-order valence-corrected chi connectivity index (χ1v) is 8.55. The first-order valence-electron chi connectivity index (χ1n) is 6.82. The molecule has 3 nitrogen and oxygen atoms in total. The summed E-state index contributed by atoms with van der Waals surface area (Å²) in [6.07, 6.45) is 4.24. The summed E-state index contributed by atoms with van der Waals surface area (Å²) >= 11 is 0. The van der Waals surface area contributed by atoms with Crippen molar-refractivity contribution in [2.24, 2.45) is 5.41 Å². The quantitative estimate of drug-likeness (QED) is 0.851. The van der Waals surface area contributed by atoms with Crippen LogP contribution in [-0.2, 0) is 23.8 Å². The maximum atomic E-state index is 12.2. The van der Waals surface area contributed by atoms with Crippen LogP contribution in [0.25, 0.3) is 0 Å². The molecule has 1 aliphatic carbocycles. The lowest BCUT2D eigenvalue weighted by Crippen LogP contribution is -2.28. The number of ketones is 1. The van der Waals surface area contributed by atoms with Crippen LogP contribution in [0.2, 0.25) is 0 Å². The molecule has 4 heteroatoms. The summed E-state index contributed by atoms with van der Waals surface area (Å²) in [6, 6.07) is 2.02. The van der Waals surface area contributed by atoms with E-state index >= 15 is 0 Å². The van der Waals surface area contributed by atoms with Crippen molar-refractivity contribution < 1.29 is 9.00 Å². The molecular weight excluding hydrogens is 258 g/mol. The van der Waals surface area contributed by atoms with Gasteiger partial charge >= 0.3 is 0 Å². The Morgan fingerprint density at radius 3 is 2.68 bits per heavy atom. The Kier molecular flexibility index (Phi) is 4.00. The van der Waals surface area contributed by atoms with Gasteiger partial charge in [0.25, 0.3) is 0 Å². The number of Topliss-reactive ketones (excluding diaryl/α,β-unsaturated/α-hetero) is 1. The number of rotatable bonds is 4. The molecule has 0 fully saturated rings. The molecule has 0 aliphatic heterocycles. The highest BCUT2D eigenvalue weighted by Gasteiger charge is 2.33. The zero-order chi connectivity index (χ0) is 14.2. The summed E-state index contributed by atoms with van der Waals surface area (Å²) in [4.78, 5) is 12.2. The van der Waals surface area contributed by atoms with Gasteiger partial charge in [0, 0.05) is 52.7 Å². The number of nitrogens with zero attached hydrogens (tertiary/aromatic N) is 1. The molecule has 0 radical (unpaired) electrons. The number of aryl methyl sites for hydroxylation is 1. The Balaban J connectivity index is 2.26. The van der Waals surface area contributed by atoms with E-state index in [4.69, 9.17) is 0 Å². The van der Waals surface area contributed by atoms with Crippen LogP contribution in [0.4, 0.5) is 0 Å². The van der Waals surface area contributed by atoms with E-state index in [9.17, 15) is 9.00 Å². The minimum atomic E-state index is -0.738. The van der Waals surface area contributed by atoms with Crippen molar-refractivity contribution in [2.75, 3.05) is 12.0 Å². The van der Waals surface area contributed by atoms with E-state index in [-0.39, 0.29) is 11.2 Å². The Morgan fingerprint density at radius 2 is 2.05 bits per heavy atom. The largest absolute Gasteiger partial charge is 0.348 e. The molecule has 1 aromatic rings. The normalized spacial score (nSPS) is 19.3. The van der Waals surface area contributed by atoms with Crippen LogP contribution >= 0.6 is 0 Å². The van der Waals surface area contributed by atoms with Crippen LogP contribution in [-0.4, -0.2) is 26.6 Å². The molecule has 0 N–H and O–H groups in total. The monoisotopic (exact) mass is 281 g/mol. The fraction of sp³-hybridized carbons (Fsp3) is 0.667. The Morgan fingerprint density at radius 1 is 1.37 bits per heavy atom. The second-order valence-corrected chi connectivity index (χ2v) is 7.92. The van der Waals surface area contributed by atoms with Gasteiger partial charge in [0.05, 0.1) is 0 Å². The van der Waals surface area contributed by atoms with E-state index in [1.54, 1.807) is 6.26 Å². The van der Waals surface area contributed by atoms with E-state index in [0.717, 1.165) is 36.4 Å². The molecule has 1 atom stereocenters. The zero-order valence-electron chi connectivity index (χ0n) is 12.3. The molecule has 2 rings (SSSR count). The third-order valence-electron chi connectivity index (χ3n) is 3.81. The van der Waals surface area contributed by atoms with Crippen LogP contribution in [0.1, 0.15) is 48.4 Å². The van der Waals surface area contributed by atoms with Crippen molar-refractivity contribution in [2.45, 2.75) is 46.6 Å². The third kappa shape index (κ3) is 3.16. The lowest BCUT2D eigenvalue weighted by molar-refractivity contribution is 0.0910. The molecule has 106 valence electrons. The summed E-state index contributed by atoms with van der Waals surface area (Å²) in [5.41, 5.74) is 3.30. The molecule has 1 aromatic heterocycles. The van der Waals surface area contributed by atoms with Crippen LogP contribution in [0.15, 0.2) is 6.07 Å². The maximum Gasteiger partial charge on any atom is 0.165 e. The Hall–Kier alpha value is -0.900. The van der Waals surface area contributed by atoms with Crippen molar-refractivity contribution in [1.29, 1.82) is 0 Å². The predicted octanol–water partition coefficient (Wildman–Crippen LogP) is 2.72. The fourth-order valence-corrected chi connectivity index (χ4v) is 3.48. The molecular formula is C15H23NO2S. The van der Waals surface area contributed by atoms with E-state index in [0.29, 0.717) is 6.42 Å². The van der Waals surface area contributed by atoms with Crippen LogP contribution in [0.5, 0.6) is 0 Å². The molecule has 0 spiro atoms. The maximum absolute atomic E-state index is 12.2. The highest BCUT2D eigenvalue weighted by Crippen LogP contribution is 2.36. The fourth-order valence-electron chi connectivity index (χ4n) is 2.94. The topological polar surface area (TPSA) is 39.1 Å². The SMILES string of the molecule is Cc1cc2c(n1CCCS(C)=O)CC(C)(C)CC2=O. The van der Waals surface area contributed by atoms with Gasteiger partial charge in [-0.2, -0.15) is 0 Å². The van der Waals surface area contributed by atoms with Crippen molar-refractivity contribution in [1.82, 2.24) is 4.57 Å². The van der Waals surface area contributed by atoms with Gasteiger partial charge in [-0.1, -0.05) is 13.8 Å². The minimum absolute atomic E-state index is 0.0558. The second-order valence-electron chi connectivity index (χ2n) is 6.37. The molecule has 19 heavy (non-hydrogen) atoms. The summed E-state index contributed by atoms with van der Waals surface area (Å²) in [5, 5.41) is 0. The van der Waals surface area contributed by atoms with Gasteiger partial charge in [0.15, 0.2) is 5.78 Å². The number of carbonyl (C=O) groups is 1. The van der Waals surface area contributed by atoms with Crippen molar-refractivity contribution in [3.05, 3.63) is 23.0 Å². The molecule has 0 saturated heterocycles. The average molecular weight is 281 g/mol. The van der Waals surface area contributed by atoms with Gasteiger partial charge in [0.1, 0.15) is 0 Å². The summed E-state index contributed by atoms with van der Waals surface area (Å²) in [6.45, 7) is 7.23. The lowest BCUT2D eigenvalue weighted by Gasteiger charge is -2.29. The van der Waals surface area contributed by atoms with Crippen LogP contribution in [0, 0.1) is 12.3 Å². The number of carbonyl (C=O) groups excluding carboxylic acids is 1. The van der Waals surface area contributed by atoms with Crippen LogP contribution in [0.3, 0.4) is 0 Å². The van der Waals surface area contributed by atoms with Gasteiger partial charge in [0.2, 0.25) is 0 Å². The van der Waals surface area contributed by atoms with E-state index in [2.05, 4.69) is 25.3 Å². The molecule has 1 aliphatic rings. The summed E-state index contributed by atoms with van der Waals surface area (Å²) in [7, 11) is -0.738. The average Bonchev–Trinajstić information content (AvgIpc) is 2.55. The Labute approximate surface area is 117 Å². The molecule has 0 aromatic carbocycles.